The molecule has 7 heteroatoms. The van der Waals surface area contributed by atoms with E-state index in [2.05, 4.69) is 5.32 Å². The lowest BCUT2D eigenvalue weighted by Crippen LogP contribution is -2.37. The Balaban J connectivity index is 1.90. The standard InChI is InChI=1S/C22H28N2O5/c1-14(2)11-23-21(25)18-13-24(22(26)19-6-5-9-29-19)12-17(18)16-8-7-15(27-3)10-20(16)28-4/h5-10,14,17-18H,11-13H2,1-4H3,(H,23,25)/t17-,18+/m1/s1. The summed E-state index contributed by atoms with van der Waals surface area (Å²) in [5.41, 5.74) is 0.882. The number of rotatable bonds is 7. The van der Waals surface area contributed by atoms with Crippen molar-refractivity contribution in [2.75, 3.05) is 33.9 Å². The summed E-state index contributed by atoms with van der Waals surface area (Å²) in [6.45, 7) is 5.41. The summed E-state index contributed by atoms with van der Waals surface area (Å²) in [4.78, 5) is 27.5. The maximum Gasteiger partial charge on any atom is 0.289 e. The van der Waals surface area contributed by atoms with E-state index in [1.807, 2.05) is 26.0 Å². The van der Waals surface area contributed by atoms with Gasteiger partial charge in [0.05, 0.1) is 26.4 Å². The number of likely N-dealkylation sites (tertiary alicyclic amines) is 1. The number of nitrogens with one attached hydrogen (secondary N) is 1. The first-order valence-electron chi connectivity index (χ1n) is 9.77. The molecule has 29 heavy (non-hydrogen) atoms. The zero-order chi connectivity index (χ0) is 21.0. The van der Waals surface area contributed by atoms with Crippen molar-refractivity contribution < 1.29 is 23.5 Å². The van der Waals surface area contributed by atoms with Crippen LogP contribution in [0.3, 0.4) is 0 Å². The van der Waals surface area contributed by atoms with E-state index in [1.165, 1.54) is 6.26 Å². The highest BCUT2D eigenvalue weighted by molar-refractivity contribution is 5.92. The van der Waals surface area contributed by atoms with Crippen LogP contribution in [-0.4, -0.2) is 50.6 Å². The SMILES string of the molecule is COc1ccc([C@H]2CN(C(=O)c3ccco3)C[C@@H]2C(=O)NCC(C)C)c(OC)c1. The number of nitrogens with zero attached hydrogens (tertiary/aromatic N) is 1. The van der Waals surface area contributed by atoms with Crippen molar-refractivity contribution in [1.82, 2.24) is 10.2 Å². The number of carbonyl (C=O) groups excluding carboxylic acids is 2. The number of benzene rings is 1. The van der Waals surface area contributed by atoms with Crippen LogP contribution in [0.15, 0.2) is 41.0 Å². The molecule has 1 aliphatic rings. The number of hydrogen-bond donors (Lipinski definition) is 1. The van der Waals surface area contributed by atoms with Crippen LogP contribution in [0.25, 0.3) is 0 Å². The van der Waals surface area contributed by atoms with Crippen LogP contribution in [0.1, 0.15) is 35.9 Å². The molecule has 2 amide bonds. The molecule has 1 aliphatic heterocycles. The van der Waals surface area contributed by atoms with Crippen LogP contribution >= 0.6 is 0 Å². The van der Waals surface area contributed by atoms with E-state index in [0.717, 1.165) is 5.56 Å². The third kappa shape index (κ3) is 4.55. The number of carbonyl (C=O) groups is 2. The maximum absolute atomic E-state index is 13.0. The number of ether oxygens (including phenoxy) is 2. The van der Waals surface area contributed by atoms with E-state index in [9.17, 15) is 9.59 Å². The van der Waals surface area contributed by atoms with Gasteiger partial charge < -0.3 is 24.1 Å². The predicted molar refractivity (Wildman–Crippen MR) is 108 cm³/mol. The van der Waals surface area contributed by atoms with Crippen LogP contribution in [0.2, 0.25) is 0 Å². The fourth-order valence-electron chi connectivity index (χ4n) is 3.67. The molecule has 1 saturated heterocycles. The van der Waals surface area contributed by atoms with Gasteiger partial charge in [-0.05, 0) is 24.1 Å². The van der Waals surface area contributed by atoms with Crippen molar-refractivity contribution in [2.45, 2.75) is 19.8 Å². The second-order valence-electron chi connectivity index (χ2n) is 7.65. The molecule has 7 nitrogen and oxygen atoms in total. The second kappa shape index (κ2) is 9.03. The molecule has 156 valence electrons. The van der Waals surface area contributed by atoms with Crippen molar-refractivity contribution in [3.05, 3.63) is 47.9 Å². The molecule has 0 unspecified atom stereocenters. The highest BCUT2D eigenvalue weighted by Crippen LogP contribution is 2.39. The van der Waals surface area contributed by atoms with Crippen molar-refractivity contribution in [3.8, 4) is 11.5 Å². The summed E-state index contributed by atoms with van der Waals surface area (Å²) in [6.07, 6.45) is 1.47. The summed E-state index contributed by atoms with van der Waals surface area (Å²) in [5.74, 6) is 1.08. The average molecular weight is 400 g/mol. The van der Waals surface area contributed by atoms with Gasteiger partial charge in [-0.2, -0.15) is 0 Å². The lowest BCUT2D eigenvalue weighted by molar-refractivity contribution is -0.125. The fourth-order valence-corrected chi connectivity index (χ4v) is 3.67. The molecule has 1 aromatic carbocycles. The third-order valence-electron chi connectivity index (χ3n) is 5.20. The molecule has 0 spiro atoms. The van der Waals surface area contributed by atoms with Crippen molar-refractivity contribution >= 4 is 11.8 Å². The Labute approximate surface area is 171 Å². The Bertz CT molecular complexity index is 847. The van der Waals surface area contributed by atoms with Gasteiger partial charge in [-0.25, -0.2) is 0 Å². The van der Waals surface area contributed by atoms with E-state index in [0.29, 0.717) is 37.1 Å². The minimum atomic E-state index is -0.380. The third-order valence-corrected chi connectivity index (χ3v) is 5.20. The zero-order valence-electron chi connectivity index (χ0n) is 17.3. The highest BCUT2D eigenvalue weighted by atomic mass is 16.5. The van der Waals surface area contributed by atoms with Crippen LogP contribution in [0.4, 0.5) is 0 Å². The molecule has 2 heterocycles. The lowest BCUT2D eigenvalue weighted by atomic mass is 9.87. The van der Waals surface area contributed by atoms with Gasteiger partial charge in [-0.1, -0.05) is 19.9 Å². The molecular formula is C22H28N2O5. The van der Waals surface area contributed by atoms with E-state index >= 15 is 0 Å². The first-order chi connectivity index (χ1) is 13.9. The summed E-state index contributed by atoms with van der Waals surface area (Å²) in [6, 6.07) is 8.87. The number of furan rings is 1. The maximum atomic E-state index is 13.0. The number of methoxy groups -OCH3 is 2. The predicted octanol–water partition coefficient (Wildman–Crippen LogP) is 2.92. The Kier molecular flexibility index (Phi) is 6.46. The summed E-state index contributed by atoms with van der Waals surface area (Å²) >= 11 is 0. The molecule has 2 atom stereocenters. The molecule has 3 rings (SSSR count). The Morgan fingerprint density at radius 3 is 2.62 bits per heavy atom. The van der Waals surface area contributed by atoms with Gasteiger partial charge in [-0.15, -0.1) is 0 Å². The molecule has 0 aliphatic carbocycles. The van der Waals surface area contributed by atoms with Gasteiger partial charge in [0, 0.05) is 37.2 Å². The van der Waals surface area contributed by atoms with Crippen LogP contribution in [-0.2, 0) is 4.79 Å². The monoisotopic (exact) mass is 400 g/mol. The quantitative estimate of drug-likeness (QED) is 0.773. The number of amides is 2. The van der Waals surface area contributed by atoms with E-state index in [1.54, 1.807) is 37.3 Å². The molecule has 1 N–H and O–H groups in total. The van der Waals surface area contributed by atoms with E-state index in [-0.39, 0.29) is 29.4 Å². The van der Waals surface area contributed by atoms with Crippen molar-refractivity contribution in [1.29, 1.82) is 0 Å². The van der Waals surface area contributed by atoms with Gasteiger partial charge in [0.2, 0.25) is 5.91 Å². The summed E-state index contributed by atoms with van der Waals surface area (Å²) in [7, 11) is 3.18. The van der Waals surface area contributed by atoms with Gasteiger partial charge in [0.1, 0.15) is 11.5 Å². The summed E-state index contributed by atoms with van der Waals surface area (Å²) < 4.78 is 16.1. The van der Waals surface area contributed by atoms with Crippen LogP contribution < -0.4 is 14.8 Å². The van der Waals surface area contributed by atoms with Gasteiger partial charge >= 0.3 is 0 Å². The molecule has 2 aromatic rings. The summed E-state index contributed by atoms with van der Waals surface area (Å²) in [5, 5.41) is 3.01. The average Bonchev–Trinajstić information content (AvgIpc) is 3.41. The molecule has 0 bridgehead atoms. The molecule has 0 saturated carbocycles. The van der Waals surface area contributed by atoms with Gasteiger partial charge in [0.25, 0.3) is 5.91 Å². The Morgan fingerprint density at radius 1 is 1.21 bits per heavy atom. The van der Waals surface area contributed by atoms with Crippen molar-refractivity contribution in [2.24, 2.45) is 11.8 Å². The van der Waals surface area contributed by atoms with Gasteiger partial charge in [-0.3, -0.25) is 9.59 Å². The van der Waals surface area contributed by atoms with Crippen LogP contribution in [0.5, 0.6) is 11.5 Å². The Morgan fingerprint density at radius 2 is 2.00 bits per heavy atom. The molecule has 1 fully saturated rings. The van der Waals surface area contributed by atoms with Gasteiger partial charge in [0.15, 0.2) is 5.76 Å². The first-order valence-corrected chi connectivity index (χ1v) is 9.77. The minimum absolute atomic E-state index is 0.0590. The van der Waals surface area contributed by atoms with E-state index < -0.39 is 0 Å². The fraction of sp³-hybridized carbons (Fsp3) is 0.455. The lowest BCUT2D eigenvalue weighted by Gasteiger charge is -2.21. The van der Waals surface area contributed by atoms with E-state index in [4.69, 9.17) is 13.9 Å². The Hall–Kier alpha value is -2.96. The molecular weight excluding hydrogens is 372 g/mol. The second-order valence-corrected chi connectivity index (χ2v) is 7.65. The van der Waals surface area contributed by atoms with Crippen molar-refractivity contribution in [3.63, 3.8) is 0 Å². The largest absolute Gasteiger partial charge is 0.497 e. The smallest absolute Gasteiger partial charge is 0.289 e. The molecule has 0 radical (unpaired) electrons. The zero-order valence-corrected chi connectivity index (χ0v) is 17.3. The first kappa shape index (κ1) is 20.8. The topological polar surface area (TPSA) is 81.0 Å². The minimum Gasteiger partial charge on any atom is -0.497 e. The molecule has 1 aromatic heterocycles. The van der Waals surface area contributed by atoms with Crippen LogP contribution in [0, 0.1) is 11.8 Å². The normalized spacial score (nSPS) is 18.7. The number of hydrogen-bond acceptors (Lipinski definition) is 5. The highest BCUT2D eigenvalue weighted by Gasteiger charge is 2.42.